The highest BCUT2D eigenvalue weighted by molar-refractivity contribution is 5.97. The van der Waals surface area contributed by atoms with Crippen LogP contribution >= 0.6 is 0 Å². The molecule has 3 aromatic carbocycles. The van der Waals surface area contributed by atoms with Gasteiger partial charge in [-0.25, -0.2) is 0 Å². The van der Waals surface area contributed by atoms with Crippen LogP contribution in [0.15, 0.2) is 79.0 Å². The van der Waals surface area contributed by atoms with Crippen LogP contribution in [0.1, 0.15) is 82.0 Å². The van der Waals surface area contributed by atoms with Gasteiger partial charge in [-0.2, -0.15) is 0 Å². The first-order chi connectivity index (χ1) is 20.3. The Morgan fingerprint density at radius 2 is 1.47 bits per heavy atom. The van der Waals surface area contributed by atoms with Crippen LogP contribution in [0.4, 0.5) is 0 Å². The summed E-state index contributed by atoms with van der Waals surface area (Å²) in [5.41, 5.74) is 2.46. The third-order valence-corrected chi connectivity index (χ3v) is 7.19. The van der Waals surface area contributed by atoms with E-state index in [-0.39, 0.29) is 22.9 Å². The first-order valence-corrected chi connectivity index (χ1v) is 14.6. The maximum Gasteiger partial charge on any atom is 0.307 e. The number of methoxy groups -OCH3 is 1. The lowest BCUT2D eigenvalue weighted by Gasteiger charge is -2.20. The topological polar surface area (TPSA) is 86.8 Å². The van der Waals surface area contributed by atoms with Crippen molar-refractivity contribution in [3.8, 4) is 17.2 Å². The second-order valence-electron chi connectivity index (χ2n) is 13.0. The lowest BCUT2D eigenvalue weighted by atomic mass is 9.87. The van der Waals surface area contributed by atoms with Gasteiger partial charge in [-0.3, -0.25) is 14.6 Å². The molecule has 0 aliphatic heterocycles. The van der Waals surface area contributed by atoms with Crippen LogP contribution < -0.4 is 14.8 Å². The van der Waals surface area contributed by atoms with Gasteiger partial charge < -0.3 is 19.5 Å². The fourth-order valence-electron chi connectivity index (χ4n) is 4.47. The summed E-state index contributed by atoms with van der Waals surface area (Å²) in [4.78, 5) is 29.9. The fraction of sp³-hybridized carbons (Fsp3) is 0.361. The highest BCUT2D eigenvalue weighted by Crippen LogP contribution is 2.29. The molecular formula is C36H42N2O5. The lowest BCUT2D eigenvalue weighted by Crippen LogP contribution is -2.31. The molecule has 226 valence electrons. The molecule has 0 aliphatic rings. The predicted octanol–water partition coefficient (Wildman–Crippen LogP) is 8.17. The first-order valence-electron chi connectivity index (χ1n) is 14.6. The zero-order valence-corrected chi connectivity index (χ0v) is 26.2. The highest BCUT2D eigenvalue weighted by atomic mass is 16.5. The van der Waals surface area contributed by atoms with E-state index in [9.17, 15) is 9.59 Å². The Morgan fingerprint density at radius 1 is 0.814 bits per heavy atom. The number of hydrogen-bond donors (Lipinski definition) is 1. The number of rotatable bonds is 10. The minimum absolute atomic E-state index is 0.0218. The van der Waals surface area contributed by atoms with Crippen LogP contribution in [0.2, 0.25) is 0 Å². The molecule has 0 spiro atoms. The quantitative estimate of drug-likeness (QED) is 0.190. The van der Waals surface area contributed by atoms with Gasteiger partial charge in [0.2, 0.25) is 0 Å². The van der Waals surface area contributed by atoms with Gasteiger partial charge in [0.15, 0.2) is 0 Å². The molecule has 7 heteroatoms. The normalized spacial score (nSPS) is 12.4. The number of esters is 1. The zero-order chi connectivity index (χ0) is 31.2. The number of nitrogens with one attached hydrogen (secondary N) is 1. The van der Waals surface area contributed by atoms with Crippen molar-refractivity contribution in [3.63, 3.8) is 0 Å². The number of benzene rings is 3. The molecule has 0 aliphatic carbocycles. The maximum atomic E-state index is 13.4. The Kier molecular flexibility index (Phi) is 9.74. The minimum atomic E-state index is -0.605. The van der Waals surface area contributed by atoms with Crippen LogP contribution in [-0.2, 0) is 14.9 Å². The smallest absolute Gasteiger partial charge is 0.307 e. The van der Waals surface area contributed by atoms with Gasteiger partial charge in [0, 0.05) is 11.6 Å². The van der Waals surface area contributed by atoms with Crippen LogP contribution in [0, 0.1) is 5.41 Å². The van der Waals surface area contributed by atoms with E-state index in [1.807, 2.05) is 54.6 Å². The van der Waals surface area contributed by atoms with E-state index in [2.05, 4.69) is 64.0 Å². The summed E-state index contributed by atoms with van der Waals surface area (Å²) in [5, 5.41) is 4.65. The first kappa shape index (κ1) is 31.5. The SMILES string of the molecule is COC(=O)CC(NC(=O)c1cc2cc(Oc3ccc(C(C)(C)C)cc3)ccc2cn1)c1ccc(OCCC(C)(C)C)cc1. The number of amides is 1. The third-order valence-electron chi connectivity index (χ3n) is 7.19. The monoisotopic (exact) mass is 582 g/mol. The molecule has 0 saturated heterocycles. The van der Waals surface area contributed by atoms with Crippen LogP contribution in [0.3, 0.4) is 0 Å². The molecule has 0 radical (unpaired) electrons. The largest absolute Gasteiger partial charge is 0.494 e. The lowest BCUT2D eigenvalue weighted by molar-refractivity contribution is -0.141. The summed E-state index contributed by atoms with van der Waals surface area (Å²) in [6.45, 7) is 13.6. The van der Waals surface area contributed by atoms with Gasteiger partial charge >= 0.3 is 5.97 Å². The number of nitrogens with zero attached hydrogens (tertiary/aromatic N) is 1. The highest BCUT2D eigenvalue weighted by Gasteiger charge is 2.21. The van der Waals surface area contributed by atoms with E-state index < -0.39 is 17.9 Å². The van der Waals surface area contributed by atoms with Crippen LogP contribution in [0.5, 0.6) is 17.2 Å². The second-order valence-corrected chi connectivity index (χ2v) is 13.0. The summed E-state index contributed by atoms with van der Waals surface area (Å²) in [5.74, 6) is 1.29. The summed E-state index contributed by atoms with van der Waals surface area (Å²) in [7, 11) is 1.33. The Hall–Kier alpha value is -4.39. The Morgan fingerprint density at radius 3 is 2.09 bits per heavy atom. The van der Waals surface area contributed by atoms with Gasteiger partial charge in [-0.1, -0.05) is 65.8 Å². The van der Waals surface area contributed by atoms with Gasteiger partial charge in [-0.05, 0) is 82.3 Å². The number of carbonyl (C=O) groups excluding carboxylic acids is 2. The number of fused-ring (bicyclic) bond motifs is 1. The number of ether oxygens (including phenoxy) is 3. The summed E-state index contributed by atoms with van der Waals surface area (Å²) in [6.07, 6.45) is 2.56. The number of carbonyl (C=O) groups is 2. The van der Waals surface area contributed by atoms with E-state index in [1.54, 1.807) is 12.3 Å². The molecular weight excluding hydrogens is 540 g/mol. The molecule has 1 aromatic heterocycles. The maximum absolute atomic E-state index is 13.4. The van der Waals surface area contributed by atoms with E-state index in [0.717, 1.165) is 34.3 Å². The molecule has 1 atom stereocenters. The molecule has 1 unspecified atom stereocenters. The van der Waals surface area contributed by atoms with Gasteiger partial charge in [-0.15, -0.1) is 0 Å². The van der Waals surface area contributed by atoms with Crippen molar-refractivity contribution in [1.82, 2.24) is 10.3 Å². The van der Waals surface area contributed by atoms with Crippen molar-refractivity contribution < 1.29 is 23.8 Å². The number of aromatic nitrogens is 1. The standard InChI is InChI=1S/C36H42N2O5/c1-35(2,3)18-19-42-28-13-8-24(9-14-28)31(22-33(39)41-7)38-34(40)32-21-26-20-30(15-10-25(26)23-37-32)43-29-16-11-27(12-17-29)36(4,5)6/h8-17,20-21,23,31H,18-19,22H2,1-7H3,(H,38,40). The molecule has 43 heavy (non-hydrogen) atoms. The molecule has 4 rings (SSSR count). The van der Waals surface area contributed by atoms with Crippen molar-refractivity contribution in [2.45, 2.75) is 65.8 Å². The molecule has 0 saturated carbocycles. The van der Waals surface area contributed by atoms with Crippen molar-refractivity contribution in [3.05, 3.63) is 95.8 Å². The van der Waals surface area contributed by atoms with E-state index in [0.29, 0.717) is 12.4 Å². The van der Waals surface area contributed by atoms with E-state index >= 15 is 0 Å². The molecule has 1 N–H and O–H groups in total. The molecule has 1 amide bonds. The summed E-state index contributed by atoms with van der Waals surface area (Å²) >= 11 is 0. The molecule has 0 fully saturated rings. The summed E-state index contributed by atoms with van der Waals surface area (Å²) < 4.78 is 16.9. The Bertz CT molecular complexity index is 1550. The van der Waals surface area contributed by atoms with Crippen molar-refractivity contribution in [1.29, 1.82) is 0 Å². The molecule has 0 bridgehead atoms. The van der Waals surface area contributed by atoms with E-state index in [1.165, 1.54) is 12.7 Å². The Balaban J connectivity index is 1.49. The summed E-state index contributed by atoms with van der Waals surface area (Å²) in [6, 6.07) is 22.3. The Labute approximate surface area is 254 Å². The van der Waals surface area contributed by atoms with Gasteiger partial charge in [0.25, 0.3) is 5.91 Å². The number of hydrogen-bond acceptors (Lipinski definition) is 6. The van der Waals surface area contributed by atoms with Gasteiger partial charge in [0.05, 0.1) is 26.2 Å². The molecule has 1 heterocycles. The van der Waals surface area contributed by atoms with Gasteiger partial charge in [0.1, 0.15) is 22.9 Å². The average Bonchev–Trinajstić information content (AvgIpc) is 2.96. The van der Waals surface area contributed by atoms with Crippen molar-refractivity contribution in [2.75, 3.05) is 13.7 Å². The molecule has 4 aromatic rings. The zero-order valence-electron chi connectivity index (χ0n) is 26.2. The van der Waals surface area contributed by atoms with E-state index in [4.69, 9.17) is 14.2 Å². The second kappa shape index (κ2) is 13.3. The van der Waals surface area contributed by atoms with Crippen molar-refractivity contribution >= 4 is 22.6 Å². The average molecular weight is 583 g/mol. The van der Waals surface area contributed by atoms with Crippen molar-refractivity contribution in [2.24, 2.45) is 5.41 Å². The van der Waals surface area contributed by atoms with Crippen LogP contribution in [0.25, 0.3) is 10.8 Å². The predicted molar refractivity (Wildman–Crippen MR) is 170 cm³/mol. The number of pyridine rings is 1. The third kappa shape index (κ3) is 9.05. The fourth-order valence-corrected chi connectivity index (χ4v) is 4.47. The van der Waals surface area contributed by atoms with Crippen LogP contribution in [-0.4, -0.2) is 30.6 Å². The minimum Gasteiger partial charge on any atom is -0.494 e. The molecule has 7 nitrogen and oxygen atoms in total.